The van der Waals surface area contributed by atoms with Crippen LogP contribution in [0, 0.1) is 5.92 Å². The maximum atomic E-state index is 13.7. The number of para-hydroxylation sites is 1. The Morgan fingerprint density at radius 3 is 2.36 bits per heavy atom. The molecular formula is C30H34F3N3O5S. The van der Waals surface area contributed by atoms with E-state index >= 15 is 0 Å². The summed E-state index contributed by atoms with van der Waals surface area (Å²) in [5.41, 5.74) is 0.179. The van der Waals surface area contributed by atoms with Crippen molar-refractivity contribution in [2.24, 2.45) is 5.92 Å². The van der Waals surface area contributed by atoms with E-state index in [1.54, 1.807) is 49.2 Å². The standard InChI is InChI=1S/C30H34F3N3O5S/c1-20-16-36(21(2)19-37)29(38)25-10-7-11-26(34-42(39,40)24-8-5-4-6-9-24)28(25)41-27(20)18-35(3)17-22-12-14-23(15-13-22)30(31,32)33/h4-15,20-21,27,34,37H,16-19H2,1-3H3/t20-,21+,27-/m1/s1. The molecule has 0 saturated carbocycles. The minimum Gasteiger partial charge on any atom is -0.486 e. The molecule has 0 saturated heterocycles. The molecule has 3 atom stereocenters. The topological polar surface area (TPSA) is 99.2 Å². The number of aliphatic hydroxyl groups is 1. The molecule has 12 heteroatoms. The smallest absolute Gasteiger partial charge is 0.416 e. The third-order valence-electron chi connectivity index (χ3n) is 7.21. The predicted molar refractivity (Wildman–Crippen MR) is 153 cm³/mol. The summed E-state index contributed by atoms with van der Waals surface area (Å²) in [6.07, 6.45) is -4.97. The summed E-state index contributed by atoms with van der Waals surface area (Å²) in [7, 11) is -2.21. The molecule has 0 fully saturated rings. The molecule has 0 bridgehead atoms. The molecule has 4 rings (SSSR count). The zero-order valence-electron chi connectivity index (χ0n) is 23.5. The van der Waals surface area contributed by atoms with Crippen LogP contribution in [0.2, 0.25) is 0 Å². The molecule has 226 valence electrons. The monoisotopic (exact) mass is 605 g/mol. The number of aliphatic hydroxyl groups excluding tert-OH is 1. The summed E-state index contributed by atoms with van der Waals surface area (Å²) in [5.74, 6) is -0.600. The lowest BCUT2D eigenvalue weighted by atomic mass is 9.99. The number of likely N-dealkylation sites (N-methyl/N-ethyl adjacent to an activating group) is 1. The molecule has 42 heavy (non-hydrogen) atoms. The molecule has 1 aliphatic heterocycles. The Morgan fingerprint density at radius 1 is 1.07 bits per heavy atom. The van der Waals surface area contributed by atoms with Gasteiger partial charge in [0.05, 0.1) is 34.4 Å². The fraction of sp³-hybridized carbons (Fsp3) is 0.367. The van der Waals surface area contributed by atoms with E-state index in [-0.39, 0.29) is 41.0 Å². The molecule has 3 aromatic rings. The number of carbonyl (C=O) groups is 1. The molecule has 0 spiro atoms. The summed E-state index contributed by atoms with van der Waals surface area (Å²) in [6, 6.07) is 16.8. The molecule has 8 nitrogen and oxygen atoms in total. The summed E-state index contributed by atoms with van der Waals surface area (Å²) in [4.78, 5) is 17.1. The van der Waals surface area contributed by atoms with E-state index in [0.29, 0.717) is 18.7 Å². The maximum Gasteiger partial charge on any atom is 0.416 e. The van der Waals surface area contributed by atoms with Crippen LogP contribution in [0.25, 0.3) is 0 Å². The molecule has 0 radical (unpaired) electrons. The van der Waals surface area contributed by atoms with E-state index < -0.39 is 39.8 Å². The summed E-state index contributed by atoms with van der Waals surface area (Å²) in [5, 5.41) is 9.88. The first-order valence-electron chi connectivity index (χ1n) is 13.4. The number of hydrogen-bond acceptors (Lipinski definition) is 6. The summed E-state index contributed by atoms with van der Waals surface area (Å²) in [6.45, 7) is 4.25. The van der Waals surface area contributed by atoms with Gasteiger partial charge in [-0.25, -0.2) is 8.42 Å². The highest BCUT2D eigenvalue weighted by Crippen LogP contribution is 2.36. The number of nitrogens with one attached hydrogen (secondary N) is 1. The van der Waals surface area contributed by atoms with Crippen LogP contribution in [-0.2, 0) is 22.7 Å². The number of hydrogen-bond donors (Lipinski definition) is 2. The Morgan fingerprint density at radius 2 is 1.74 bits per heavy atom. The van der Waals surface area contributed by atoms with Gasteiger partial charge in [0.2, 0.25) is 0 Å². The van der Waals surface area contributed by atoms with E-state index in [0.717, 1.165) is 12.1 Å². The Labute approximate surface area is 243 Å². The van der Waals surface area contributed by atoms with Crippen LogP contribution in [0.3, 0.4) is 0 Å². The number of carbonyl (C=O) groups excluding carboxylic acids is 1. The molecule has 0 aromatic heterocycles. The minimum absolute atomic E-state index is 0.0384. The van der Waals surface area contributed by atoms with Crippen LogP contribution in [0.1, 0.15) is 35.3 Å². The number of nitrogens with zero attached hydrogens (tertiary/aromatic N) is 2. The van der Waals surface area contributed by atoms with Gasteiger partial charge in [0, 0.05) is 25.6 Å². The van der Waals surface area contributed by atoms with E-state index in [9.17, 15) is 31.5 Å². The van der Waals surface area contributed by atoms with E-state index in [2.05, 4.69) is 4.72 Å². The number of anilines is 1. The van der Waals surface area contributed by atoms with Gasteiger partial charge < -0.3 is 14.7 Å². The lowest BCUT2D eigenvalue weighted by molar-refractivity contribution is -0.137. The second-order valence-corrected chi connectivity index (χ2v) is 12.3. The predicted octanol–water partition coefficient (Wildman–Crippen LogP) is 4.86. The van der Waals surface area contributed by atoms with Crippen molar-refractivity contribution >= 4 is 21.6 Å². The molecular weight excluding hydrogens is 571 g/mol. The van der Waals surface area contributed by atoms with E-state index in [4.69, 9.17) is 4.74 Å². The van der Waals surface area contributed by atoms with Crippen molar-refractivity contribution in [1.29, 1.82) is 0 Å². The van der Waals surface area contributed by atoms with Gasteiger partial charge >= 0.3 is 6.18 Å². The van der Waals surface area contributed by atoms with Crippen molar-refractivity contribution in [2.45, 2.75) is 43.6 Å². The second kappa shape index (κ2) is 12.7. The molecule has 1 aliphatic rings. The first kappa shape index (κ1) is 31.3. The van der Waals surface area contributed by atoms with Gasteiger partial charge in [0.1, 0.15) is 6.10 Å². The quantitative estimate of drug-likeness (QED) is 0.362. The van der Waals surface area contributed by atoms with Gasteiger partial charge in [-0.15, -0.1) is 0 Å². The minimum atomic E-state index is -4.42. The van der Waals surface area contributed by atoms with Crippen LogP contribution in [0.5, 0.6) is 5.75 Å². The zero-order chi connectivity index (χ0) is 30.7. The second-order valence-electron chi connectivity index (χ2n) is 10.6. The molecule has 2 N–H and O–H groups in total. The van der Waals surface area contributed by atoms with Crippen molar-refractivity contribution in [2.75, 3.05) is 31.5 Å². The van der Waals surface area contributed by atoms with Crippen molar-refractivity contribution in [3.63, 3.8) is 0 Å². The van der Waals surface area contributed by atoms with Gasteiger partial charge in [-0.05, 0) is 55.9 Å². The average molecular weight is 606 g/mol. The third-order valence-corrected chi connectivity index (χ3v) is 8.60. The lowest BCUT2D eigenvalue weighted by Gasteiger charge is -2.38. The van der Waals surface area contributed by atoms with Crippen molar-refractivity contribution in [3.05, 3.63) is 89.5 Å². The highest BCUT2D eigenvalue weighted by atomic mass is 32.2. The van der Waals surface area contributed by atoms with Crippen LogP contribution >= 0.6 is 0 Å². The summed E-state index contributed by atoms with van der Waals surface area (Å²) >= 11 is 0. The van der Waals surface area contributed by atoms with Gasteiger partial charge in [-0.3, -0.25) is 14.4 Å². The van der Waals surface area contributed by atoms with Crippen LogP contribution in [-0.4, -0.2) is 68.1 Å². The largest absolute Gasteiger partial charge is 0.486 e. The molecule has 0 aliphatic carbocycles. The molecule has 1 amide bonds. The van der Waals surface area contributed by atoms with Crippen LogP contribution in [0.4, 0.5) is 18.9 Å². The van der Waals surface area contributed by atoms with Crippen LogP contribution in [0.15, 0.2) is 77.7 Å². The van der Waals surface area contributed by atoms with Gasteiger partial charge in [-0.1, -0.05) is 43.3 Å². The fourth-order valence-electron chi connectivity index (χ4n) is 4.83. The third kappa shape index (κ3) is 7.23. The Bertz CT molecular complexity index is 1480. The van der Waals surface area contributed by atoms with Gasteiger partial charge in [0.15, 0.2) is 5.75 Å². The van der Waals surface area contributed by atoms with Gasteiger partial charge in [-0.2, -0.15) is 13.2 Å². The molecule has 0 unspecified atom stereocenters. The van der Waals surface area contributed by atoms with Crippen LogP contribution < -0.4 is 9.46 Å². The van der Waals surface area contributed by atoms with Gasteiger partial charge in [0.25, 0.3) is 15.9 Å². The first-order chi connectivity index (χ1) is 19.8. The Hall–Kier alpha value is -3.61. The number of benzene rings is 3. The molecule has 3 aromatic carbocycles. The van der Waals surface area contributed by atoms with Crippen molar-refractivity contribution in [3.8, 4) is 5.75 Å². The lowest BCUT2D eigenvalue weighted by Crippen LogP contribution is -2.49. The number of amides is 1. The number of fused-ring (bicyclic) bond motifs is 1. The SMILES string of the molecule is C[C@@H]1CN([C@@H](C)CO)C(=O)c2cccc(NS(=O)(=O)c3ccccc3)c2O[C@@H]1CN(C)Cc1ccc(C(F)(F)F)cc1. The Kier molecular flexibility index (Phi) is 9.49. The first-order valence-corrected chi connectivity index (χ1v) is 14.9. The number of ether oxygens (including phenoxy) is 1. The average Bonchev–Trinajstić information content (AvgIpc) is 2.95. The molecule has 1 heterocycles. The number of sulfonamides is 1. The fourth-order valence-corrected chi connectivity index (χ4v) is 5.91. The number of halogens is 3. The summed E-state index contributed by atoms with van der Waals surface area (Å²) < 4.78 is 74.3. The van der Waals surface area contributed by atoms with E-state index in [1.165, 1.54) is 30.3 Å². The zero-order valence-corrected chi connectivity index (χ0v) is 24.3. The number of rotatable bonds is 9. The van der Waals surface area contributed by atoms with Crippen molar-refractivity contribution < 1.29 is 36.2 Å². The highest BCUT2D eigenvalue weighted by Gasteiger charge is 2.35. The Balaban J connectivity index is 1.66. The van der Waals surface area contributed by atoms with Crippen molar-refractivity contribution in [1.82, 2.24) is 9.80 Å². The highest BCUT2D eigenvalue weighted by molar-refractivity contribution is 7.92. The normalized spacial score (nSPS) is 18.6. The van der Waals surface area contributed by atoms with E-state index in [1.807, 2.05) is 11.8 Å². The maximum absolute atomic E-state index is 13.7. The number of alkyl halides is 3.